The molecule has 3 aromatic rings. The van der Waals surface area contributed by atoms with Crippen molar-refractivity contribution in [3.63, 3.8) is 0 Å². The fourth-order valence-corrected chi connectivity index (χ4v) is 4.27. The van der Waals surface area contributed by atoms with Gasteiger partial charge < -0.3 is 24.3 Å². The first-order chi connectivity index (χ1) is 15.4. The van der Waals surface area contributed by atoms with Crippen LogP contribution in [-0.4, -0.2) is 73.8 Å². The molecule has 2 fully saturated rings. The molecule has 1 aromatic heterocycles. The molecular formula is C24H24N4O4. The third kappa shape index (κ3) is 3.46. The van der Waals surface area contributed by atoms with Gasteiger partial charge in [-0.3, -0.25) is 9.59 Å². The highest BCUT2D eigenvalue weighted by Gasteiger charge is 2.52. The number of carbonyl (C=O) groups is 3. The molecule has 1 atom stereocenters. The van der Waals surface area contributed by atoms with Gasteiger partial charge in [-0.15, -0.1) is 0 Å². The quantitative estimate of drug-likeness (QED) is 0.632. The normalized spacial score (nSPS) is 19.8. The Morgan fingerprint density at radius 1 is 1.09 bits per heavy atom. The van der Waals surface area contributed by atoms with Crippen LogP contribution >= 0.6 is 0 Å². The molecule has 1 saturated heterocycles. The van der Waals surface area contributed by atoms with Gasteiger partial charge in [0.2, 0.25) is 0 Å². The Bertz CT molecular complexity index is 1210. The molecule has 2 aromatic carbocycles. The van der Waals surface area contributed by atoms with E-state index in [2.05, 4.69) is 4.98 Å². The van der Waals surface area contributed by atoms with Crippen molar-refractivity contribution in [1.29, 1.82) is 0 Å². The first kappa shape index (κ1) is 20.4. The van der Waals surface area contributed by atoms with Crippen molar-refractivity contribution in [2.75, 3.05) is 19.6 Å². The molecule has 1 saturated carbocycles. The van der Waals surface area contributed by atoms with Gasteiger partial charge in [-0.2, -0.15) is 0 Å². The number of fused-ring (bicyclic) bond motifs is 1. The zero-order valence-electron chi connectivity index (χ0n) is 17.8. The smallest absolute Gasteiger partial charge is 0.255 e. The molecule has 1 aliphatic carbocycles. The summed E-state index contributed by atoms with van der Waals surface area (Å²) in [6.45, 7) is 0.684. The number of nitrogens with zero attached hydrogens (tertiary/aromatic N) is 4. The summed E-state index contributed by atoms with van der Waals surface area (Å²) in [7, 11) is 1.95. The molecule has 5 rings (SSSR count). The van der Waals surface area contributed by atoms with E-state index in [0.717, 1.165) is 22.2 Å². The van der Waals surface area contributed by atoms with Gasteiger partial charge in [-0.25, -0.2) is 4.98 Å². The number of piperazine rings is 1. The number of aldehydes is 1. The number of aromatic nitrogens is 2. The lowest BCUT2D eigenvalue weighted by molar-refractivity contribution is -0.148. The SMILES string of the molecule is Cn1cnc2cc(-c3ccc(C(=O)N4CCN(C(=O)C5(O)CC5)[C@@H](C=O)C4)cc3)ccc21. The Morgan fingerprint density at radius 3 is 2.50 bits per heavy atom. The highest BCUT2D eigenvalue weighted by atomic mass is 16.3. The molecule has 0 radical (unpaired) electrons. The molecule has 32 heavy (non-hydrogen) atoms. The predicted molar refractivity (Wildman–Crippen MR) is 118 cm³/mol. The summed E-state index contributed by atoms with van der Waals surface area (Å²) in [6.07, 6.45) is 3.31. The number of amides is 2. The average Bonchev–Trinajstić information content (AvgIpc) is 3.48. The molecule has 0 unspecified atom stereocenters. The molecule has 2 heterocycles. The minimum Gasteiger partial charge on any atom is -0.380 e. The Labute approximate surface area is 185 Å². The summed E-state index contributed by atoms with van der Waals surface area (Å²) in [4.78, 5) is 44.5. The maximum absolute atomic E-state index is 13.0. The van der Waals surface area contributed by atoms with Crippen molar-refractivity contribution in [3.8, 4) is 11.1 Å². The van der Waals surface area contributed by atoms with Crippen LogP contribution in [0.1, 0.15) is 23.2 Å². The summed E-state index contributed by atoms with van der Waals surface area (Å²) in [5, 5.41) is 10.1. The van der Waals surface area contributed by atoms with Crippen LogP contribution in [0, 0.1) is 0 Å². The molecule has 8 heteroatoms. The molecule has 164 valence electrons. The van der Waals surface area contributed by atoms with Crippen LogP contribution in [0.2, 0.25) is 0 Å². The van der Waals surface area contributed by atoms with Crippen LogP contribution in [-0.2, 0) is 16.6 Å². The molecule has 8 nitrogen and oxygen atoms in total. The largest absolute Gasteiger partial charge is 0.380 e. The van der Waals surface area contributed by atoms with E-state index in [9.17, 15) is 19.5 Å². The van der Waals surface area contributed by atoms with Crippen LogP contribution in [0.5, 0.6) is 0 Å². The third-order valence-electron chi connectivity index (χ3n) is 6.44. The first-order valence-electron chi connectivity index (χ1n) is 10.7. The lowest BCUT2D eigenvalue weighted by Gasteiger charge is -2.39. The van der Waals surface area contributed by atoms with Gasteiger partial charge in [-0.1, -0.05) is 18.2 Å². The second-order valence-corrected chi connectivity index (χ2v) is 8.62. The van der Waals surface area contributed by atoms with Gasteiger partial charge in [0.1, 0.15) is 17.9 Å². The number of imidazole rings is 1. The second-order valence-electron chi connectivity index (χ2n) is 8.62. The number of aliphatic hydroxyl groups is 1. The number of aryl methyl sites for hydroxylation is 1. The third-order valence-corrected chi connectivity index (χ3v) is 6.44. The number of benzene rings is 2. The molecule has 0 bridgehead atoms. The summed E-state index contributed by atoms with van der Waals surface area (Å²) < 4.78 is 1.96. The monoisotopic (exact) mass is 432 g/mol. The highest BCUT2D eigenvalue weighted by Crippen LogP contribution is 2.37. The summed E-state index contributed by atoms with van der Waals surface area (Å²) in [5.74, 6) is -0.586. The van der Waals surface area contributed by atoms with E-state index in [1.165, 1.54) is 4.90 Å². The molecular weight excluding hydrogens is 408 g/mol. The molecule has 2 amide bonds. The Balaban J connectivity index is 1.30. The van der Waals surface area contributed by atoms with Gasteiger partial charge in [0.05, 0.1) is 17.4 Å². The van der Waals surface area contributed by atoms with Crippen molar-refractivity contribution < 1.29 is 19.5 Å². The van der Waals surface area contributed by atoms with Crippen molar-refractivity contribution >= 4 is 29.1 Å². The number of rotatable bonds is 4. The Kier molecular flexibility index (Phi) is 4.82. The fourth-order valence-electron chi connectivity index (χ4n) is 4.27. The lowest BCUT2D eigenvalue weighted by Crippen LogP contribution is -2.59. The maximum Gasteiger partial charge on any atom is 0.255 e. The highest BCUT2D eigenvalue weighted by molar-refractivity contribution is 5.96. The van der Waals surface area contributed by atoms with E-state index in [1.807, 2.05) is 41.9 Å². The average molecular weight is 432 g/mol. The molecule has 1 aliphatic heterocycles. The van der Waals surface area contributed by atoms with E-state index in [0.29, 0.717) is 31.2 Å². The summed E-state index contributed by atoms with van der Waals surface area (Å²) >= 11 is 0. The Morgan fingerprint density at radius 2 is 1.81 bits per heavy atom. The Hall–Kier alpha value is -3.52. The van der Waals surface area contributed by atoms with Crippen molar-refractivity contribution in [2.45, 2.75) is 24.5 Å². The number of hydrogen-bond donors (Lipinski definition) is 1. The minimum atomic E-state index is -1.32. The molecule has 0 spiro atoms. The summed E-state index contributed by atoms with van der Waals surface area (Å²) in [6, 6.07) is 12.7. The second kappa shape index (κ2) is 7.56. The van der Waals surface area contributed by atoms with E-state index in [1.54, 1.807) is 23.4 Å². The van der Waals surface area contributed by atoms with Gasteiger partial charge in [0, 0.05) is 32.2 Å². The van der Waals surface area contributed by atoms with E-state index in [-0.39, 0.29) is 19.0 Å². The number of carbonyl (C=O) groups excluding carboxylic acids is 3. The van der Waals surface area contributed by atoms with E-state index >= 15 is 0 Å². The zero-order chi connectivity index (χ0) is 22.5. The summed E-state index contributed by atoms with van der Waals surface area (Å²) in [5.41, 5.74) is 3.17. The van der Waals surface area contributed by atoms with Crippen LogP contribution in [0.4, 0.5) is 0 Å². The van der Waals surface area contributed by atoms with Crippen LogP contribution in [0.15, 0.2) is 48.8 Å². The van der Waals surface area contributed by atoms with Crippen molar-refractivity contribution in [2.24, 2.45) is 7.05 Å². The van der Waals surface area contributed by atoms with Gasteiger partial charge in [0.15, 0.2) is 0 Å². The topological polar surface area (TPSA) is 95.7 Å². The maximum atomic E-state index is 13.0. The van der Waals surface area contributed by atoms with Gasteiger partial charge in [0.25, 0.3) is 11.8 Å². The van der Waals surface area contributed by atoms with Crippen molar-refractivity contribution in [3.05, 3.63) is 54.4 Å². The standard InChI is InChI=1S/C24H24N4O4/c1-26-15-25-20-12-18(6-7-21(20)26)16-2-4-17(5-3-16)22(30)27-10-11-28(19(13-27)14-29)23(31)24(32)8-9-24/h2-7,12,14-15,19,32H,8-11,13H2,1H3/t19-/m1/s1. The van der Waals surface area contributed by atoms with Gasteiger partial charge in [-0.05, 0) is 48.2 Å². The lowest BCUT2D eigenvalue weighted by atomic mass is 10.0. The molecule has 1 N–H and O–H groups in total. The van der Waals surface area contributed by atoms with Crippen molar-refractivity contribution in [1.82, 2.24) is 19.4 Å². The van der Waals surface area contributed by atoms with E-state index < -0.39 is 17.6 Å². The molecule has 2 aliphatic rings. The van der Waals surface area contributed by atoms with Crippen LogP contribution < -0.4 is 0 Å². The van der Waals surface area contributed by atoms with Crippen LogP contribution in [0.3, 0.4) is 0 Å². The zero-order valence-corrected chi connectivity index (χ0v) is 17.8. The predicted octanol–water partition coefficient (Wildman–Crippen LogP) is 1.62. The van der Waals surface area contributed by atoms with E-state index in [4.69, 9.17) is 0 Å². The fraction of sp³-hybridized carbons (Fsp3) is 0.333. The number of hydrogen-bond acceptors (Lipinski definition) is 5. The minimum absolute atomic E-state index is 0.127. The first-order valence-corrected chi connectivity index (χ1v) is 10.7. The van der Waals surface area contributed by atoms with Crippen LogP contribution in [0.25, 0.3) is 22.2 Å². The van der Waals surface area contributed by atoms with Gasteiger partial charge >= 0.3 is 0 Å².